The van der Waals surface area contributed by atoms with Crippen molar-refractivity contribution in [3.63, 3.8) is 0 Å². The highest BCUT2D eigenvalue weighted by molar-refractivity contribution is 8.06. The van der Waals surface area contributed by atoms with E-state index in [1.807, 2.05) is 23.5 Å². The Labute approximate surface area is 109 Å². The summed E-state index contributed by atoms with van der Waals surface area (Å²) in [5.41, 5.74) is 0.438. The van der Waals surface area contributed by atoms with Gasteiger partial charge in [0.2, 0.25) is 0 Å². The van der Waals surface area contributed by atoms with Crippen molar-refractivity contribution < 1.29 is 9.53 Å². The summed E-state index contributed by atoms with van der Waals surface area (Å²) in [7, 11) is 1.38. The predicted molar refractivity (Wildman–Crippen MR) is 71.7 cm³/mol. The number of nitrogens with one attached hydrogen (secondary N) is 1. The third-order valence-corrected chi connectivity index (χ3v) is 5.98. The molecule has 94 valence electrons. The maximum atomic E-state index is 11.4. The summed E-state index contributed by atoms with van der Waals surface area (Å²) >= 11 is 3.91. The van der Waals surface area contributed by atoms with Crippen LogP contribution in [-0.4, -0.2) is 39.8 Å². The number of imidazole rings is 1. The van der Waals surface area contributed by atoms with E-state index in [2.05, 4.69) is 21.6 Å². The lowest BCUT2D eigenvalue weighted by molar-refractivity contribution is 0.0594. The van der Waals surface area contributed by atoms with E-state index in [4.69, 9.17) is 0 Å². The Morgan fingerprint density at radius 3 is 3.06 bits per heavy atom. The lowest BCUT2D eigenvalue weighted by atomic mass is 10.2. The van der Waals surface area contributed by atoms with E-state index in [1.54, 1.807) is 6.20 Å². The minimum atomic E-state index is -0.356. The molecular formula is C11H16N2O2S2. The monoisotopic (exact) mass is 272 g/mol. The lowest BCUT2D eigenvalue weighted by Crippen LogP contribution is -2.19. The number of thioether (sulfide) groups is 2. The number of hydrogen-bond donors (Lipinski definition) is 1. The highest BCUT2D eigenvalue weighted by Gasteiger charge is 2.29. The minimum Gasteiger partial charge on any atom is -0.464 e. The number of nitrogens with zero attached hydrogens (tertiary/aromatic N) is 1. The van der Waals surface area contributed by atoms with E-state index in [1.165, 1.54) is 12.9 Å². The van der Waals surface area contributed by atoms with Crippen LogP contribution in [0.4, 0.5) is 0 Å². The molecule has 0 bridgehead atoms. The Hall–Kier alpha value is -0.620. The van der Waals surface area contributed by atoms with Crippen molar-refractivity contribution in [3.05, 3.63) is 17.7 Å². The van der Waals surface area contributed by atoms with Crippen molar-refractivity contribution in [3.8, 4) is 0 Å². The van der Waals surface area contributed by atoms with Crippen molar-refractivity contribution in [1.82, 2.24) is 9.97 Å². The number of aromatic amines is 1. The Kier molecular flexibility index (Phi) is 4.39. The predicted octanol–water partition coefficient (Wildman–Crippen LogP) is 2.50. The Morgan fingerprint density at radius 1 is 1.59 bits per heavy atom. The molecule has 4 nitrogen and oxygen atoms in total. The van der Waals surface area contributed by atoms with Gasteiger partial charge in [0.1, 0.15) is 11.5 Å². The smallest absolute Gasteiger partial charge is 0.356 e. The summed E-state index contributed by atoms with van der Waals surface area (Å²) in [5.74, 6) is 2.88. The molecule has 1 N–H and O–H groups in total. The molecule has 1 aromatic heterocycles. The first-order valence-electron chi connectivity index (χ1n) is 5.62. The van der Waals surface area contributed by atoms with Gasteiger partial charge in [0, 0.05) is 16.8 Å². The molecule has 2 rings (SSSR count). The van der Waals surface area contributed by atoms with Crippen LogP contribution in [-0.2, 0) is 4.74 Å². The summed E-state index contributed by atoms with van der Waals surface area (Å²) in [6.07, 6.45) is 2.68. The van der Waals surface area contributed by atoms with Crippen LogP contribution in [0.2, 0.25) is 0 Å². The van der Waals surface area contributed by atoms with Crippen molar-refractivity contribution in [2.75, 3.05) is 18.6 Å². The van der Waals surface area contributed by atoms with Gasteiger partial charge in [0.15, 0.2) is 0 Å². The Bertz CT molecular complexity index is 395. The number of hydrogen-bond acceptors (Lipinski definition) is 5. The zero-order chi connectivity index (χ0) is 12.3. The number of esters is 1. The number of ether oxygens (including phenoxy) is 1. The topological polar surface area (TPSA) is 55.0 Å². The molecule has 0 aromatic carbocycles. The van der Waals surface area contributed by atoms with Crippen LogP contribution in [0.25, 0.3) is 0 Å². The fourth-order valence-electron chi connectivity index (χ4n) is 1.85. The number of aromatic nitrogens is 2. The van der Waals surface area contributed by atoms with Gasteiger partial charge in [0.25, 0.3) is 0 Å². The summed E-state index contributed by atoms with van der Waals surface area (Å²) in [5, 5.41) is 0.933. The first kappa shape index (κ1) is 12.8. The molecule has 0 spiro atoms. The summed E-state index contributed by atoms with van der Waals surface area (Å²) < 4.78 is 4.67. The molecule has 0 aliphatic carbocycles. The Morgan fingerprint density at radius 2 is 2.35 bits per heavy atom. The zero-order valence-electron chi connectivity index (χ0n) is 9.93. The normalized spacial score (nSPS) is 24.6. The molecule has 0 amide bonds. The highest BCUT2D eigenvalue weighted by atomic mass is 32.2. The van der Waals surface area contributed by atoms with Gasteiger partial charge >= 0.3 is 5.97 Å². The van der Waals surface area contributed by atoms with Crippen LogP contribution in [0.5, 0.6) is 0 Å². The maximum Gasteiger partial charge on any atom is 0.356 e. The standard InChI is InChI=1S/C11H16N2O2S2/c1-3-8-9(17-5-4-16-8)10-12-6-7(13-10)11(14)15-2/h6,8-9H,3-5H2,1-2H3,(H,12,13). The number of rotatable bonds is 3. The number of carbonyl (C=O) groups is 1. The molecule has 17 heavy (non-hydrogen) atoms. The molecule has 6 heteroatoms. The molecule has 2 heterocycles. The SMILES string of the molecule is CCC1SCCSC1c1ncc(C(=O)OC)[nH]1. The van der Waals surface area contributed by atoms with Crippen LogP contribution >= 0.6 is 23.5 Å². The fourth-order valence-corrected chi connectivity index (χ4v) is 4.87. The molecule has 1 fully saturated rings. The van der Waals surface area contributed by atoms with Gasteiger partial charge in [-0.15, -0.1) is 11.8 Å². The van der Waals surface area contributed by atoms with Gasteiger partial charge in [-0.2, -0.15) is 11.8 Å². The van der Waals surface area contributed by atoms with E-state index >= 15 is 0 Å². The van der Waals surface area contributed by atoms with E-state index in [0.29, 0.717) is 16.2 Å². The third-order valence-electron chi connectivity index (χ3n) is 2.72. The molecule has 2 unspecified atom stereocenters. The molecular weight excluding hydrogens is 256 g/mol. The van der Waals surface area contributed by atoms with Gasteiger partial charge in [0.05, 0.1) is 18.6 Å². The number of carbonyl (C=O) groups excluding carboxylic acids is 1. The molecule has 1 aliphatic heterocycles. The highest BCUT2D eigenvalue weighted by Crippen LogP contribution is 2.42. The van der Waals surface area contributed by atoms with Crippen LogP contribution in [0, 0.1) is 0 Å². The summed E-state index contributed by atoms with van der Waals surface area (Å²) in [4.78, 5) is 18.7. The second kappa shape index (κ2) is 5.82. The molecule has 1 aromatic rings. The van der Waals surface area contributed by atoms with Crippen molar-refractivity contribution in [2.45, 2.75) is 23.8 Å². The van der Waals surface area contributed by atoms with Crippen LogP contribution in [0.15, 0.2) is 6.20 Å². The summed E-state index contributed by atoms with van der Waals surface area (Å²) in [6.45, 7) is 2.20. The largest absolute Gasteiger partial charge is 0.464 e. The average molecular weight is 272 g/mol. The van der Waals surface area contributed by atoms with Crippen LogP contribution in [0.1, 0.15) is 34.9 Å². The van der Waals surface area contributed by atoms with E-state index in [0.717, 1.165) is 18.0 Å². The first-order valence-corrected chi connectivity index (χ1v) is 7.72. The Balaban J connectivity index is 2.15. The second-order valence-corrected chi connectivity index (χ2v) is 6.38. The zero-order valence-corrected chi connectivity index (χ0v) is 11.6. The van der Waals surface area contributed by atoms with Gasteiger partial charge in [-0.25, -0.2) is 9.78 Å². The van der Waals surface area contributed by atoms with Crippen molar-refractivity contribution >= 4 is 29.5 Å². The fraction of sp³-hybridized carbons (Fsp3) is 0.636. The molecule has 0 radical (unpaired) electrons. The quantitative estimate of drug-likeness (QED) is 0.857. The van der Waals surface area contributed by atoms with Gasteiger partial charge < -0.3 is 9.72 Å². The van der Waals surface area contributed by atoms with Crippen molar-refractivity contribution in [1.29, 1.82) is 0 Å². The summed E-state index contributed by atoms with van der Waals surface area (Å²) in [6, 6.07) is 0. The third kappa shape index (κ3) is 2.80. The van der Waals surface area contributed by atoms with E-state index in [9.17, 15) is 4.79 Å². The number of H-pyrrole nitrogens is 1. The first-order chi connectivity index (χ1) is 8.26. The van der Waals surface area contributed by atoms with E-state index in [-0.39, 0.29) is 5.97 Å². The molecule has 1 saturated heterocycles. The van der Waals surface area contributed by atoms with E-state index < -0.39 is 0 Å². The molecule has 2 atom stereocenters. The van der Waals surface area contributed by atoms with Gasteiger partial charge in [-0.3, -0.25) is 0 Å². The molecule has 1 aliphatic rings. The van der Waals surface area contributed by atoms with Crippen LogP contribution < -0.4 is 0 Å². The lowest BCUT2D eigenvalue weighted by Gasteiger charge is -2.28. The average Bonchev–Trinajstić information content (AvgIpc) is 2.87. The van der Waals surface area contributed by atoms with Crippen molar-refractivity contribution in [2.24, 2.45) is 0 Å². The molecule has 0 saturated carbocycles. The van der Waals surface area contributed by atoms with Gasteiger partial charge in [-0.1, -0.05) is 6.92 Å². The maximum absolute atomic E-state index is 11.4. The van der Waals surface area contributed by atoms with Crippen LogP contribution in [0.3, 0.4) is 0 Å². The minimum absolute atomic E-state index is 0.356. The van der Waals surface area contributed by atoms with Gasteiger partial charge in [-0.05, 0) is 6.42 Å². The number of methoxy groups -OCH3 is 1. The second-order valence-electron chi connectivity index (χ2n) is 3.78.